The van der Waals surface area contributed by atoms with Gasteiger partial charge in [-0.05, 0) is 43.7 Å². The first-order chi connectivity index (χ1) is 9.51. The zero-order valence-electron chi connectivity index (χ0n) is 11.5. The van der Waals surface area contributed by atoms with Crippen LogP contribution >= 0.6 is 23.2 Å². The summed E-state index contributed by atoms with van der Waals surface area (Å²) in [7, 11) is 0. The Bertz CT molecular complexity index is 474. The molecule has 1 aliphatic carbocycles. The van der Waals surface area contributed by atoms with Gasteiger partial charge in [-0.2, -0.15) is 0 Å². The minimum Gasteiger partial charge on any atom is -0.459 e. The molecule has 5 heteroatoms. The van der Waals surface area contributed by atoms with Gasteiger partial charge in [0.2, 0.25) is 0 Å². The van der Waals surface area contributed by atoms with Crippen LogP contribution in [-0.4, -0.2) is 12.1 Å². The first-order valence-electron chi connectivity index (χ1n) is 6.96. The lowest BCUT2D eigenvalue weighted by molar-refractivity contribution is 0.0164. The number of hydrogen-bond donors (Lipinski definition) is 1. The summed E-state index contributed by atoms with van der Waals surface area (Å²) in [6.07, 6.45) is 5.31. The number of benzene rings is 1. The highest BCUT2D eigenvalue weighted by Crippen LogP contribution is 2.31. The smallest absolute Gasteiger partial charge is 0.338 e. The van der Waals surface area contributed by atoms with Crippen molar-refractivity contribution in [2.75, 3.05) is 5.73 Å². The molecule has 1 aliphatic rings. The quantitative estimate of drug-likeness (QED) is 0.649. The lowest BCUT2D eigenvalue weighted by Gasteiger charge is -2.27. The predicted octanol–water partition coefficient (Wildman–Crippen LogP) is 4.70. The maximum Gasteiger partial charge on any atom is 0.338 e. The van der Waals surface area contributed by atoms with Gasteiger partial charge in [0, 0.05) is 0 Å². The number of rotatable bonds is 3. The van der Waals surface area contributed by atoms with Crippen molar-refractivity contribution in [1.82, 2.24) is 0 Å². The molecule has 0 aliphatic heterocycles. The molecule has 0 atom stereocenters. The van der Waals surface area contributed by atoms with Crippen LogP contribution < -0.4 is 5.73 Å². The third-order valence-corrected chi connectivity index (χ3v) is 4.75. The van der Waals surface area contributed by atoms with Gasteiger partial charge in [0.1, 0.15) is 6.10 Å². The Balaban J connectivity index is 1.99. The summed E-state index contributed by atoms with van der Waals surface area (Å²) < 4.78 is 5.52. The zero-order chi connectivity index (χ0) is 14.7. The van der Waals surface area contributed by atoms with Gasteiger partial charge >= 0.3 is 5.97 Å². The lowest BCUT2D eigenvalue weighted by Crippen LogP contribution is -2.24. The molecule has 0 amide bonds. The second-order valence-corrected chi connectivity index (χ2v) is 6.10. The third kappa shape index (κ3) is 3.58. The fourth-order valence-corrected chi connectivity index (χ4v) is 2.94. The van der Waals surface area contributed by atoms with E-state index in [-0.39, 0.29) is 22.1 Å². The molecule has 1 fully saturated rings. The highest BCUT2D eigenvalue weighted by molar-refractivity contribution is 6.43. The second kappa shape index (κ2) is 6.68. The topological polar surface area (TPSA) is 52.3 Å². The van der Waals surface area contributed by atoms with E-state index in [2.05, 4.69) is 6.92 Å². The molecular weight excluding hydrogens is 297 g/mol. The highest BCUT2D eigenvalue weighted by atomic mass is 35.5. The normalized spacial score (nSPS) is 22.6. The number of esters is 1. The van der Waals surface area contributed by atoms with E-state index in [0.717, 1.165) is 31.6 Å². The minimum atomic E-state index is -0.379. The lowest BCUT2D eigenvalue weighted by atomic mass is 9.86. The fourth-order valence-electron chi connectivity index (χ4n) is 2.61. The van der Waals surface area contributed by atoms with Gasteiger partial charge in [0.05, 0.1) is 21.3 Å². The largest absolute Gasteiger partial charge is 0.459 e. The van der Waals surface area contributed by atoms with Gasteiger partial charge < -0.3 is 10.5 Å². The molecule has 0 heterocycles. The van der Waals surface area contributed by atoms with Crippen molar-refractivity contribution >= 4 is 34.9 Å². The Morgan fingerprint density at radius 3 is 2.50 bits per heavy atom. The summed E-state index contributed by atoms with van der Waals surface area (Å²) in [6, 6.07) is 3.01. The molecule has 20 heavy (non-hydrogen) atoms. The summed E-state index contributed by atoms with van der Waals surface area (Å²) in [5.74, 6) is 0.390. The van der Waals surface area contributed by atoms with Crippen molar-refractivity contribution in [2.24, 2.45) is 5.92 Å². The van der Waals surface area contributed by atoms with E-state index in [9.17, 15) is 4.79 Å². The summed E-state index contributed by atoms with van der Waals surface area (Å²) in [6.45, 7) is 2.20. The standard InChI is InChI=1S/C15H19Cl2NO2/c1-2-9-3-5-11(6-4-9)20-15(19)10-7-12(16)14(17)13(18)8-10/h7-9,11H,2-6,18H2,1H3. The first-order valence-corrected chi connectivity index (χ1v) is 7.72. The van der Waals surface area contributed by atoms with Crippen LogP contribution in [0.1, 0.15) is 49.4 Å². The first kappa shape index (κ1) is 15.5. The van der Waals surface area contributed by atoms with Crippen LogP contribution in [0.25, 0.3) is 0 Å². The number of anilines is 1. The van der Waals surface area contributed by atoms with Crippen LogP contribution in [0.3, 0.4) is 0 Å². The maximum atomic E-state index is 12.1. The molecular formula is C15H19Cl2NO2. The van der Waals surface area contributed by atoms with Gasteiger partial charge in [0.15, 0.2) is 0 Å². The molecule has 0 radical (unpaired) electrons. The van der Waals surface area contributed by atoms with Crippen molar-refractivity contribution in [1.29, 1.82) is 0 Å². The van der Waals surface area contributed by atoms with Crippen LogP contribution in [0.5, 0.6) is 0 Å². The predicted molar refractivity (Wildman–Crippen MR) is 82.3 cm³/mol. The zero-order valence-corrected chi connectivity index (χ0v) is 13.0. The molecule has 3 nitrogen and oxygen atoms in total. The molecule has 1 aromatic rings. The van der Waals surface area contributed by atoms with E-state index in [1.165, 1.54) is 18.6 Å². The molecule has 1 saturated carbocycles. The molecule has 2 rings (SSSR count). The van der Waals surface area contributed by atoms with Crippen LogP contribution in [-0.2, 0) is 4.74 Å². The SMILES string of the molecule is CCC1CCC(OC(=O)c2cc(N)c(Cl)c(Cl)c2)CC1. The Kier molecular flexibility index (Phi) is 5.17. The van der Waals surface area contributed by atoms with Crippen molar-refractivity contribution in [3.8, 4) is 0 Å². The van der Waals surface area contributed by atoms with Crippen LogP contribution in [0.4, 0.5) is 5.69 Å². The monoisotopic (exact) mass is 315 g/mol. The molecule has 0 spiro atoms. The summed E-state index contributed by atoms with van der Waals surface area (Å²) >= 11 is 11.8. The third-order valence-electron chi connectivity index (χ3n) is 3.94. The Morgan fingerprint density at radius 2 is 1.95 bits per heavy atom. The van der Waals surface area contributed by atoms with E-state index in [1.807, 2.05) is 0 Å². The average Bonchev–Trinajstić information content (AvgIpc) is 2.45. The Morgan fingerprint density at radius 1 is 1.30 bits per heavy atom. The van der Waals surface area contributed by atoms with Gasteiger partial charge in [0.25, 0.3) is 0 Å². The van der Waals surface area contributed by atoms with Crippen molar-refractivity contribution in [2.45, 2.75) is 45.1 Å². The number of nitrogen functional groups attached to an aromatic ring is 1. The van der Waals surface area contributed by atoms with Gasteiger partial charge in [-0.15, -0.1) is 0 Å². The summed E-state index contributed by atoms with van der Waals surface area (Å²) in [4.78, 5) is 12.1. The number of nitrogens with two attached hydrogens (primary N) is 1. The van der Waals surface area contributed by atoms with Crippen molar-refractivity contribution in [3.05, 3.63) is 27.7 Å². The van der Waals surface area contributed by atoms with Crippen LogP contribution in [0, 0.1) is 5.92 Å². The van der Waals surface area contributed by atoms with Crippen molar-refractivity contribution in [3.63, 3.8) is 0 Å². The molecule has 1 aromatic carbocycles. The van der Waals surface area contributed by atoms with E-state index < -0.39 is 0 Å². The minimum absolute atomic E-state index is 0.000906. The highest BCUT2D eigenvalue weighted by Gasteiger charge is 2.24. The van der Waals surface area contributed by atoms with Crippen LogP contribution in [0.15, 0.2) is 12.1 Å². The van der Waals surface area contributed by atoms with Gasteiger partial charge in [-0.1, -0.05) is 36.5 Å². The summed E-state index contributed by atoms with van der Waals surface area (Å²) in [5, 5.41) is 0.542. The molecule has 2 N–H and O–H groups in total. The number of hydrogen-bond acceptors (Lipinski definition) is 3. The molecule has 0 aromatic heterocycles. The average molecular weight is 316 g/mol. The molecule has 0 unspecified atom stereocenters. The van der Waals surface area contributed by atoms with Gasteiger partial charge in [-0.3, -0.25) is 0 Å². The second-order valence-electron chi connectivity index (χ2n) is 5.32. The Labute approximate surface area is 129 Å². The van der Waals surface area contributed by atoms with E-state index in [0.29, 0.717) is 11.3 Å². The van der Waals surface area contributed by atoms with E-state index in [4.69, 9.17) is 33.7 Å². The number of halogens is 2. The van der Waals surface area contributed by atoms with E-state index in [1.54, 1.807) is 0 Å². The summed E-state index contributed by atoms with van der Waals surface area (Å²) in [5.41, 5.74) is 6.35. The van der Waals surface area contributed by atoms with Crippen molar-refractivity contribution < 1.29 is 9.53 Å². The number of carbonyl (C=O) groups is 1. The van der Waals surface area contributed by atoms with Crippen LogP contribution in [0.2, 0.25) is 10.0 Å². The Hall–Kier alpha value is -0.930. The molecule has 110 valence electrons. The molecule has 0 bridgehead atoms. The number of ether oxygens (including phenoxy) is 1. The van der Waals surface area contributed by atoms with Gasteiger partial charge in [-0.25, -0.2) is 4.79 Å². The maximum absolute atomic E-state index is 12.1. The number of carbonyl (C=O) groups excluding carboxylic acids is 1. The fraction of sp³-hybridized carbons (Fsp3) is 0.533. The van der Waals surface area contributed by atoms with E-state index >= 15 is 0 Å². The molecule has 0 saturated heterocycles.